The standard InChI is InChI=1S/C11H10N4O3/c1-15-5-8(13-6-15)10(16)14-7-3-2-4-12-9(7)11(17)18/h2-6H,1H3,(H,14,16)(H,17,18). The number of nitrogens with zero attached hydrogens (tertiary/aromatic N) is 3. The molecule has 2 aromatic heterocycles. The van der Waals surface area contributed by atoms with Crippen molar-refractivity contribution in [3.63, 3.8) is 0 Å². The van der Waals surface area contributed by atoms with Gasteiger partial charge in [-0.2, -0.15) is 0 Å². The Morgan fingerprint density at radius 3 is 2.78 bits per heavy atom. The van der Waals surface area contributed by atoms with E-state index in [1.165, 1.54) is 24.8 Å². The van der Waals surface area contributed by atoms with Crippen LogP contribution in [-0.2, 0) is 7.05 Å². The summed E-state index contributed by atoms with van der Waals surface area (Å²) < 4.78 is 1.62. The van der Waals surface area contributed by atoms with Crippen LogP contribution in [0.1, 0.15) is 21.0 Å². The zero-order valence-corrected chi connectivity index (χ0v) is 9.49. The summed E-state index contributed by atoms with van der Waals surface area (Å²) in [5, 5.41) is 11.4. The van der Waals surface area contributed by atoms with Crippen molar-refractivity contribution in [2.24, 2.45) is 7.05 Å². The maximum atomic E-state index is 11.8. The lowest BCUT2D eigenvalue weighted by molar-refractivity contribution is 0.0692. The van der Waals surface area contributed by atoms with Crippen LogP contribution in [-0.4, -0.2) is 31.5 Å². The smallest absolute Gasteiger partial charge is 0.356 e. The molecule has 92 valence electrons. The van der Waals surface area contributed by atoms with Crippen molar-refractivity contribution in [1.82, 2.24) is 14.5 Å². The lowest BCUT2D eigenvalue weighted by atomic mass is 10.3. The molecule has 2 heterocycles. The minimum Gasteiger partial charge on any atom is -0.476 e. The van der Waals surface area contributed by atoms with Gasteiger partial charge < -0.3 is 15.0 Å². The van der Waals surface area contributed by atoms with Crippen LogP contribution in [0.25, 0.3) is 0 Å². The van der Waals surface area contributed by atoms with Crippen LogP contribution < -0.4 is 5.32 Å². The summed E-state index contributed by atoms with van der Waals surface area (Å²) in [4.78, 5) is 30.3. The Morgan fingerprint density at radius 2 is 2.17 bits per heavy atom. The normalized spacial score (nSPS) is 10.1. The molecule has 18 heavy (non-hydrogen) atoms. The molecule has 0 atom stereocenters. The molecule has 0 aliphatic carbocycles. The minimum absolute atomic E-state index is 0.139. The Bertz CT molecular complexity index is 606. The maximum Gasteiger partial charge on any atom is 0.356 e. The number of aromatic nitrogens is 3. The fourth-order valence-electron chi connectivity index (χ4n) is 1.39. The molecule has 0 bridgehead atoms. The van der Waals surface area contributed by atoms with E-state index in [0.717, 1.165) is 0 Å². The number of aromatic carboxylic acids is 1. The molecule has 0 fully saturated rings. The van der Waals surface area contributed by atoms with Gasteiger partial charge >= 0.3 is 5.97 Å². The van der Waals surface area contributed by atoms with E-state index in [4.69, 9.17) is 5.11 Å². The number of rotatable bonds is 3. The van der Waals surface area contributed by atoms with Crippen molar-refractivity contribution < 1.29 is 14.7 Å². The second-order valence-corrected chi connectivity index (χ2v) is 3.58. The van der Waals surface area contributed by atoms with E-state index < -0.39 is 11.9 Å². The summed E-state index contributed by atoms with van der Waals surface area (Å²) in [6.45, 7) is 0. The van der Waals surface area contributed by atoms with E-state index >= 15 is 0 Å². The van der Waals surface area contributed by atoms with Crippen LogP contribution >= 0.6 is 0 Å². The fourth-order valence-corrected chi connectivity index (χ4v) is 1.39. The van der Waals surface area contributed by atoms with Crippen molar-refractivity contribution in [1.29, 1.82) is 0 Å². The van der Waals surface area contributed by atoms with E-state index in [0.29, 0.717) is 0 Å². The van der Waals surface area contributed by atoms with Gasteiger partial charge in [-0.1, -0.05) is 0 Å². The number of anilines is 1. The lowest BCUT2D eigenvalue weighted by Crippen LogP contribution is -2.16. The predicted molar refractivity (Wildman–Crippen MR) is 62.4 cm³/mol. The molecule has 0 spiro atoms. The first-order chi connectivity index (χ1) is 8.58. The lowest BCUT2D eigenvalue weighted by Gasteiger charge is -2.05. The molecule has 0 saturated carbocycles. The van der Waals surface area contributed by atoms with Crippen molar-refractivity contribution in [3.8, 4) is 0 Å². The van der Waals surface area contributed by atoms with Gasteiger partial charge in [0.15, 0.2) is 5.69 Å². The van der Waals surface area contributed by atoms with Crippen molar-refractivity contribution in [2.75, 3.05) is 5.32 Å². The van der Waals surface area contributed by atoms with Gasteiger partial charge in [0.05, 0.1) is 12.0 Å². The number of carbonyl (C=O) groups excluding carboxylic acids is 1. The second kappa shape index (κ2) is 4.66. The Balaban J connectivity index is 2.24. The quantitative estimate of drug-likeness (QED) is 0.833. The van der Waals surface area contributed by atoms with Gasteiger partial charge in [0.25, 0.3) is 5.91 Å². The molecule has 0 aliphatic heterocycles. The molecular formula is C11H10N4O3. The van der Waals surface area contributed by atoms with Gasteiger partial charge in [-0.25, -0.2) is 14.8 Å². The van der Waals surface area contributed by atoms with Gasteiger partial charge in [-0.15, -0.1) is 0 Å². The van der Waals surface area contributed by atoms with Crippen LogP contribution in [0.15, 0.2) is 30.9 Å². The van der Waals surface area contributed by atoms with Crippen molar-refractivity contribution in [3.05, 3.63) is 42.2 Å². The Hall–Kier alpha value is -2.70. The van der Waals surface area contributed by atoms with Gasteiger partial charge in [0.2, 0.25) is 0 Å². The highest BCUT2D eigenvalue weighted by Gasteiger charge is 2.15. The third-order valence-corrected chi connectivity index (χ3v) is 2.20. The summed E-state index contributed by atoms with van der Waals surface area (Å²) in [5.41, 5.74) is 0.139. The average Bonchev–Trinajstić information content (AvgIpc) is 2.76. The Morgan fingerprint density at radius 1 is 1.39 bits per heavy atom. The number of aryl methyl sites for hydroxylation is 1. The molecule has 2 N–H and O–H groups in total. The summed E-state index contributed by atoms with van der Waals surface area (Å²) in [7, 11) is 1.73. The number of hydrogen-bond acceptors (Lipinski definition) is 4. The number of imidazole rings is 1. The predicted octanol–water partition coefficient (Wildman–Crippen LogP) is 0.766. The van der Waals surface area contributed by atoms with Crippen LogP contribution in [0.4, 0.5) is 5.69 Å². The molecule has 0 radical (unpaired) electrons. The highest BCUT2D eigenvalue weighted by atomic mass is 16.4. The van der Waals surface area contributed by atoms with Crippen molar-refractivity contribution in [2.45, 2.75) is 0 Å². The van der Waals surface area contributed by atoms with Crippen molar-refractivity contribution >= 4 is 17.6 Å². The number of carbonyl (C=O) groups is 2. The molecule has 0 unspecified atom stereocenters. The van der Waals surface area contributed by atoms with Gasteiger partial charge in [-0.3, -0.25) is 4.79 Å². The maximum absolute atomic E-state index is 11.8. The van der Waals surface area contributed by atoms with Gasteiger partial charge in [0.1, 0.15) is 5.69 Å². The van der Waals surface area contributed by atoms with E-state index in [2.05, 4.69) is 15.3 Å². The zero-order valence-electron chi connectivity index (χ0n) is 9.49. The third kappa shape index (κ3) is 2.34. The van der Waals surface area contributed by atoms with Gasteiger partial charge in [0, 0.05) is 19.4 Å². The number of pyridine rings is 1. The molecule has 1 amide bonds. The fraction of sp³-hybridized carbons (Fsp3) is 0.0909. The largest absolute Gasteiger partial charge is 0.476 e. The number of carboxylic acid groups (broad SMARTS) is 1. The zero-order chi connectivity index (χ0) is 13.1. The monoisotopic (exact) mass is 246 g/mol. The molecule has 0 aliphatic rings. The first-order valence-electron chi connectivity index (χ1n) is 5.05. The Kier molecular flexibility index (Phi) is 3.05. The molecule has 0 saturated heterocycles. The van der Waals surface area contributed by atoms with E-state index in [9.17, 15) is 9.59 Å². The second-order valence-electron chi connectivity index (χ2n) is 3.58. The topological polar surface area (TPSA) is 97.1 Å². The summed E-state index contributed by atoms with van der Waals surface area (Å²) in [6, 6.07) is 3.01. The highest BCUT2D eigenvalue weighted by molar-refractivity contribution is 6.05. The Labute approximate surface area is 102 Å². The van der Waals surface area contributed by atoms with Crippen LogP contribution in [0.2, 0.25) is 0 Å². The summed E-state index contributed by atoms with van der Waals surface area (Å²) >= 11 is 0. The summed E-state index contributed by atoms with van der Waals surface area (Å²) in [5.74, 6) is -1.68. The number of carboxylic acids is 1. The molecule has 7 heteroatoms. The molecule has 2 aromatic rings. The van der Waals surface area contributed by atoms with Gasteiger partial charge in [-0.05, 0) is 12.1 Å². The third-order valence-electron chi connectivity index (χ3n) is 2.20. The number of hydrogen-bond donors (Lipinski definition) is 2. The SMILES string of the molecule is Cn1cnc(C(=O)Nc2cccnc2C(=O)O)c1. The first kappa shape index (κ1) is 11.8. The van der Waals surface area contributed by atoms with E-state index in [-0.39, 0.29) is 17.1 Å². The average molecular weight is 246 g/mol. The molecule has 7 nitrogen and oxygen atoms in total. The van der Waals surface area contributed by atoms with Crippen LogP contribution in [0.5, 0.6) is 0 Å². The first-order valence-corrected chi connectivity index (χ1v) is 5.05. The van der Waals surface area contributed by atoms with E-state index in [1.807, 2.05) is 0 Å². The molecule has 0 aromatic carbocycles. The molecule has 2 rings (SSSR count). The molecular weight excluding hydrogens is 236 g/mol. The van der Waals surface area contributed by atoms with Crippen LogP contribution in [0, 0.1) is 0 Å². The number of nitrogens with one attached hydrogen (secondary N) is 1. The highest BCUT2D eigenvalue weighted by Crippen LogP contribution is 2.13. The van der Waals surface area contributed by atoms with Crippen LogP contribution in [0.3, 0.4) is 0 Å². The minimum atomic E-state index is -1.20. The summed E-state index contributed by atoms with van der Waals surface area (Å²) in [6.07, 6.45) is 4.36. The van der Waals surface area contributed by atoms with E-state index in [1.54, 1.807) is 17.7 Å². The number of amides is 1.